The fourth-order valence-corrected chi connectivity index (χ4v) is 4.55. The van der Waals surface area contributed by atoms with Gasteiger partial charge in [0, 0.05) is 33.8 Å². The van der Waals surface area contributed by atoms with Gasteiger partial charge in [0.05, 0.1) is 11.4 Å². The fourth-order valence-electron chi connectivity index (χ4n) is 3.18. The van der Waals surface area contributed by atoms with Crippen LogP contribution >= 0.6 is 22.7 Å². The SMILES string of the molecule is Cc1cc(-c2csc(NNc3ccccc3)n2)c(C)n1CCc1cccs1. The Morgan fingerprint density at radius 1 is 1.00 bits per heavy atom. The topological polar surface area (TPSA) is 41.9 Å². The number of rotatable bonds is 7. The standard InChI is InChI=1S/C21H22N4S2/c1-15-13-19(16(2)25(15)11-10-18-9-6-12-26-18)20-14-27-21(22-20)24-23-17-7-4-3-5-8-17/h3-9,12-14,23H,10-11H2,1-2H3,(H,22,24). The largest absolute Gasteiger partial charge is 0.348 e. The number of thiazole rings is 1. The Morgan fingerprint density at radius 2 is 1.85 bits per heavy atom. The highest BCUT2D eigenvalue weighted by Gasteiger charge is 2.14. The van der Waals surface area contributed by atoms with Crippen molar-refractivity contribution in [2.45, 2.75) is 26.8 Å². The van der Waals surface area contributed by atoms with E-state index in [4.69, 9.17) is 4.98 Å². The van der Waals surface area contributed by atoms with Gasteiger partial charge in [0.2, 0.25) is 5.13 Å². The van der Waals surface area contributed by atoms with Crippen LogP contribution in [0.25, 0.3) is 11.3 Å². The molecule has 3 aromatic heterocycles. The maximum absolute atomic E-state index is 4.75. The average Bonchev–Trinajstić information content (AvgIpc) is 3.41. The Morgan fingerprint density at radius 3 is 2.63 bits per heavy atom. The second-order valence-electron chi connectivity index (χ2n) is 6.42. The molecule has 0 aliphatic carbocycles. The van der Waals surface area contributed by atoms with Crippen LogP contribution in [0, 0.1) is 13.8 Å². The highest BCUT2D eigenvalue weighted by molar-refractivity contribution is 7.14. The average molecular weight is 395 g/mol. The first-order valence-electron chi connectivity index (χ1n) is 8.93. The first kappa shape index (κ1) is 17.8. The summed E-state index contributed by atoms with van der Waals surface area (Å²) in [6.07, 6.45) is 1.07. The van der Waals surface area contributed by atoms with E-state index in [0.717, 1.165) is 29.5 Å². The van der Waals surface area contributed by atoms with Crippen LogP contribution < -0.4 is 10.9 Å². The maximum atomic E-state index is 4.75. The smallest absolute Gasteiger partial charge is 0.202 e. The van der Waals surface area contributed by atoms with E-state index in [1.54, 1.807) is 11.3 Å². The zero-order valence-corrected chi connectivity index (χ0v) is 17.0. The maximum Gasteiger partial charge on any atom is 0.202 e. The number of aryl methyl sites for hydroxylation is 2. The predicted octanol–water partition coefficient (Wildman–Crippen LogP) is 5.97. The van der Waals surface area contributed by atoms with E-state index in [2.05, 4.69) is 58.2 Å². The summed E-state index contributed by atoms with van der Waals surface area (Å²) in [5.41, 5.74) is 12.2. The van der Waals surface area contributed by atoms with Crippen LogP contribution in [0.5, 0.6) is 0 Å². The Balaban J connectivity index is 1.47. The molecule has 4 nitrogen and oxygen atoms in total. The summed E-state index contributed by atoms with van der Waals surface area (Å²) in [5.74, 6) is 0. The van der Waals surface area contributed by atoms with E-state index >= 15 is 0 Å². The molecule has 138 valence electrons. The number of para-hydroxylation sites is 1. The molecule has 0 fully saturated rings. The molecule has 0 atom stereocenters. The van der Waals surface area contributed by atoms with Gasteiger partial charge in [0.1, 0.15) is 0 Å². The summed E-state index contributed by atoms with van der Waals surface area (Å²) in [7, 11) is 0. The normalized spacial score (nSPS) is 10.9. The van der Waals surface area contributed by atoms with Crippen molar-refractivity contribution in [2.75, 3.05) is 10.9 Å². The van der Waals surface area contributed by atoms with Crippen molar-refractivity contribution in [1.29, 1.82) is 0 Å². The van der Waals surface area contributed by atoms with Crippen LogP contribution in [0.3, 0.4) is 0 Å². The van der Waals surface area contributed by atoms with Gasteiger partial charge in [-0.3, -0.25) is 10.9 Å². The highest BCUT2D eigenvalue weighted by atomic mass is 32.1. The zero-order chi connectivity index (χ0) is 18.6. The van der Waals surface area contributed by atoms with Gasteiger partial charge in [-0.1, -0.05) is 24.3 Å². The van der Waals surface area contributed by atoms with E-state index in [9.17, 15) is 0 Å². The molecule has 6 heteroatoms. The predicted molar refractivity (Wildman–Crippen MR) is 117 cm³/mol. The molecule has 0 spiro atoms. The van der Waals surface area contributed by atoms with Gasteiger partial charge in [-0.15, -0.1) is 22.7 Å². The van der Waals surface area contributed by atoms with Gasteiger partial charge in [0.15, 0.2) is 0 Å². The van der Waals surface area contributed by atoms with Crippen LogP contribution in [-0.2, 0) is 13.0 Å². The van der Waals surface area contributed by atoms with Crippen molar-refractivity contribution >= 4 is 33.5 Å². The molecule has 0 saturated carbocycles. The lowest BCUT2D eigenvalue weighted by Crippen LogP contribution is -2.07. The number of hydrogen-bond donors (Lipinski definition) is 2. The van der Waals surface area contributed by atoms with Gasteiger partial charge in [-0.25, -0.2) is 4.98 Å². The number of benzene rings is 1. The number of hydrogen-bond acceptors (Lipinski definition) is 5. The van der Waals surface area contributed by atoms with E-state index < -0.39 is 0 Å². The molecule has 1 aromatic carbocycles. The quantitative estimate of drug-likeness (QED) is 0.379. The second kappa shape index (κ2) is 7.98. The number of nitrogens with zero attached hydrogens (tertiary/aromatic N) is 2. The van der Waals surface area contributed by atoms with Crippen LogP contribution in [0.15, 0.2) is 59.3 Å². The van der Waals surface area contributed by atoms with Crippen molar-refractivity contribution in [3.05, 3.63) is 75.6 Å². The van der Waals surface area contributed by atoms with Crippen molar-refractivity contribution in [3.63, 3.8) is 0 Å². The Kier molecular flexibility index (Phi) is 5.27. The molecule has 27 heavy (non-hydrogen) atoms. The lowest BCUT2D eigenvalue weighted by molar-refractivity contribution is 0.669. The van der Waals surface area contributed by atoms with Crippen molar-refractivity contribution in [2.24, 2.45) is 0 Å². The Bertz CT molecular complexity index is 1000. The first-order chi connectivity index (χ1) is 13.2. The number of thiophene rings is 1. The lowest BCUT2D eigenvalue weighted by atomic mass is 10.2. The third kappa shape index (κ3) is 4.07. The zero-order valence-electron chi connectivity index (χ0n) is 15.4. The number of aromatic nitrogens is 2. The summed E-state index contributed by atoms with van der Waals surface area (Å²) in [6.45, 7) is 5.36. The van der Waals surface area contributed by atoms with E-state index in [-0.39, 0.29) is 0 Å². The monoisotopic (exact) mass is 394 g/mol. The molecule has 3 heterocycles. The minimum atomic E-state index is 0.859. The first-order valence-corrected chi connectivity index (χ1v) is 10.7. The number of hydrazine groups is 1. The molecule has 4 aromatic rings. The van der Waals surface area contributed by atoms with Crippen molar-refractivity contribution in [3.8, 4) is 11.3 Å². The van der Waals surface area contributed by atoms with Crippen molar-refractivity contribution < 1.29 is 0 Å². The molecule has 0 unspecified atom stereocenters. The van der Waals surface area contributed by atoms with E-state index in [1.165, 1.54) is 21.8 Å². The fraction of sp³-hybridized carbons (Fsp3) is 0.190. The summed E-state index contributed by atoms with van der Waals surface area (Å²) < 4.78 is 2.39. The van der Waals surface area contributed by atoms with Gasteiger partial charge in [-0.05, 0) is 49.9 Å². The Labute approximate surface area is 167 Å². The van der Waals surface area contributed by atoms with Gasteiger partial charge in [0.25, 0.3) is 0 Å². The molecular formula is C21H22N4S2. The number of nitrogens with one attached hydrogen (secondary N) is 2. The minimum absolute atomic E-state index is 0.859. The van der Waals surface area contributed by atoms with Crippen molar-refractivity contribution in [1.82, 2.24) is 9.55 Å². The molecular weight excluding hydrogens is 372 g/mol. The molecule has 0 aliphatic heterocycles. The third-order valence-electron chi connectivity index (χ3n) is 4.60. The minimum Gasteiger partial charge on any atom is -0.348 e. The van der Waals surface area contributed by atoms with Gasteiger partial charge >= 0.3 is 0 Å². The van der Waals surface area contributed by atoms with Crippen LogP contribution in [0.4, 0.5) is 10.8 Å². The van der Waals surface area contributed by atoms with E-state index in [1.807, 2.05) is 41.7 Å². The van der Waals surface area contributed by atoms with Crippen LogP contribution in [0.2, 0.25) is 0 Å². The molecule has 4 rings (SSSR count). The summed E-state index contributed by atoms with van der Waals surface area (Å²) in [6, 6.07) is 16.6. The van der Waals surface area contributed by atoms with Crippen LogP contribution in [-0.4, -0.2) is 9.55 Å². The molecule has 2 N–H and O–H groups in total. The second-order valence-corrected chi connectivity index (χ2v) is 8.31. The summed E-state index contributed by atoms with van der Waals surface area (Å²) in [4.78, 5) is 6.18. The molecule has 0 radical (unpaired) electrons. The molecule has 0 amide bonds. The number of anilines is 2. The van der Waals surface area contributed by atoms with Gasteiger partial charge < -0.3 is 4.57 Å². The van der Waals surface area contributed by atoms with E-state index in [0.29, 0.717) is 0 Å². The van der Waals surface area contributed by atoms with Gasteiger partial charge in [-0.2, -0.15) is 0 Å². The highest BCUT2D eigenvalue weighted by Crippen LogP contribution is 2.30. The third-order valence-corrected chi connectivity index (χ3v) is 6.30. The Hall–Kier alpha value is -2.57. The summed E-state index contributed by atoms with van der Waals surface area (Å²) >= 11 is 3.43. The molecule has 0 saturated heterocycles. The lowest BCUT2D eigenvalue weighted by Gasteiger charge is -2.09. The molecule has 0 aliphatic rings. The van der Waals surface area contributed by atoms with Crippen LogP contribution in [0.1, 0.15) is 16.3 Å². The molecule has 0 bridgehead atoms. The summed E-state index contributed by atoms with van der Waals surface area (Å²) in [5, 5.41) is 5.11.